The molecule has 3 nitrogen and oxygen atoms in total. The first kappa shape index (κ1) is 27.1. The molecule has 6 heteroatoms. The number of benzene rings is 3. The monoisotopic (exact) mass is 517 g/mol. The van der Waals surface area contributed by atoms with Crippen LogP contribution >= 0.6 is 35.9 Å². The van der Waals surface area contributed by atoms with E-state index in [0.29, 0.717) is 0 Å². The zero-order chi connectivity index (χ0) is 23.1. The minimum absolute atomic E-state index is 0. The van der Waals surface area contributed by atoms with E-state index in [2.05, 4.69) is 90.1 Å². The van der Waals surface area contributed by atoms with Crippen molar-refractivity contribution in [3.05, 3.63) is 71.8 Å². The quantitative estimate of drug-likeness (QED) is 0.281. The molecule has 0 amide bonds. The number of likely N-dealkylation sites (N-methyl/N-ethyl adjacent to an activating group) is 1. The lowest BCUT2D eigenvalue weighted by atomic mass is 9.99. The average molecular weight is 518 g/mol. The van der Waals surface area contributed by atoms with Gasteiger partial charge >= 0.3 is 0 Å². The van der Waals surface area contributed by atoms with Crippen molar-refractivity contribution in [2.45, 2.75) is 29.8 Å². The fourth-order valence-electron chi connectivity index (χ4n) is 4.62. The van der Waals surface area contributed by atoms with E-state index in [9.17, 15) is 0 Å². The number of methoxy groups -OCH3 is 2. The third kappa shape index (κ3) is 6.37. The van der Waals surface area contributed by atoms with Crippen LogP contribution in [-0.2, 0) is 10.5 Å². The number of nitrogens with zero attached hydrogens (tertiary/aromatic N) is 1. The van der Waals surface area contributed by atoms with Crippen LogP contribution in [0.1, 0.15) is 30.4 Å². The standard InChI is InChI=1S/C28H35NO2S2.ClH/c1-29(18-15-22-13-14-26(30-2)27(21-22)31-3)17-7-16-28(32-19-8-20-33-28)25-12-6-10-23-9-4-5-11-24(23)25;/h4-6,9-14,21H,7-8,15-20H2,1-3H3;1H. The minimum Gasteiger partial charge on any atom is -0.493 e. The predicted octanol–water partition coefficient (Wildman–Crippen LogP) is 7.26. The second-order valence-corrected chi connectivity index (χ2v) is 11.7. The van der Waals surface area contributed by atoms with Crippen LogP contribution < -0.4 is 9.47 Å². The molecule has 1 aliphatic heterocycles. The van der Waals surface area contributed by atoms with Crippen molar-refractivity contribution in [1.82, 2.24) is 4.90 Å². The molecular formula is C28H36ClNO2S2. The first-order valence-electron chi connectivity index (χ1n) is 11.8. The van der Waals surface area contributed by atoms with E-state index in [1.54, 1.807) is 14.2 Å². The summed E-state index contributed by atoms with van der Waals surface area (Å²) in [4.78, 5) is 2.46. The molecule has 184 valence electrons. The lowest BCUT2D eigenvalue weighted by molar-refractivity contribution is 0.327. The predicted molar refractivity (Wildman–Crippen MR) is 152 cm³/mol. The Balaban J connectivity index is 0.00000324. The van der Waals surface area contributed by atoms with Gasteiger partial charge in [0, 0.05) is 6.54 Å². The van der Waals surface area contributed by atoms with Crippen LogP contribution in [0.2, 0.25) is 0 Å². The Morgan fingerprint density at radius 2 is 1.62 bits per heavy atom. The lowest BCUT2D eigenvalue weighted by Gasteiger charge is -2.38. The summed E-state index contributed by atoms with van der Waals surface area (Å²) in [6, 6.07) is 22.0. The fraction of sp³-hybridized carbons (Fsp3) is 0.429. The number of halogens is 1. The van der Waals surface area contributed by atoms with Crippen LogP contribution in [0.3, 0.4) is 0 Å². The van der Waals surface area contributed by atoms with Crippen LogP contribution in [-0.4, -0.2) is 50.8 Å². The van der Waals surface area contributed by atoms with Crippen molar-refractivity contribution < 1.29 is 9.47 Å². The number of fused-ring (bicyclic) bond motifs is 1. The molecule has 3 aromatic rings. The molecule has 0 bridgehead atoms. The molecule has 0 aromatic heterocycles. The summed E-state index contributed by atoms with van der Waals surface area (Å²) >= 11 is 4.33. The largest absolute Gasteiger partial charge is 0.493 e. The SMILES string of the molecule is COc1ccc(CCN(C)CCCC2(c3cccc4ccccc34)SCCCS2)cc1OC.Cl. The van der Waals surface area contributed by atoms with Crippen LogP contribution in [0.5, 0.6) is 11.5 Å². The summed E-state index contributed by atoms with van der Waals surface area (Å²) in [5, 5.41) is 2.77. The van der Waals surface area contributed by atoms with Gasteiger partial charge in [0.25, 0.3) is 0 Å². The van der Waals surface area contributed by atoms with Gasteiger partial charge in [0.1, 0.15) is 0 Å². The second kappa shape index (κ2) is 13.0. The van der Waals surface area contributed by atoms with Gasteiger partial charge in [0.2, 0.25) is 0 Å². The Morgan fingerprint density at radius 1 is 0.882 bits per heavy atom. The van der Waals surface area contributed by atoms with Gasteiger partial charge in [-0.15, -0.1) is 35.9 Å². The molecular weight excluding hydrogens is 482 g/mol. The van der Waals surface area contributed by atoms with Crippen LogP contribution in [0.15, 0.2) is 60.7 Å². The van der Waals surface area contributed by atoms with E-state index >= 15 is 0 Å². The van der Waals surface area contributed by atoms with Gasteiger partial charge < -0.3 is 14.4 Å². The molecule has 0 radical (unpaired) electrons. The summed E-state index contributed by atoms with van der Waals surface area (Å²) in [6.07, 6.45) is 4.73. The Hall–Kier alpha value is -1.53. The maximum atomic E-state index is 5.46. The fourth-order valence-corrected chi connectivity index (χ4v) is 8.11. The third-order valence-electron chi connectivity index (χ3n) is 6.43. The van der Waals surface area contributed by atoms with E-state index < -0.39 is 0 Å². The van der Waals surface area contributed by atoms with E-state index in [0.717, 1.165) is 31.0 Å². The van der Waals surface area contributed by atoms with Gasteiger partial charge in [0.05, 0.1) is 18.3 Å². The molecule has 3 aromatic carbocycles. The second-order valence-electron chi connectivity index (χ2n) is 8.68. The van der Waals surface area contributed by atoms with Gasteiger partial charge in [-0.1, -0.05) is 48.5 Å². The maximum absolute atomic E-state index is 5.46. The number of thioether (sulfide) groups is 2. The van der Waals surface area contributed by atoms with Gasteiger partial charge in [-0.3, -0.25) is 0 Å². The first-order valence-corrected chi connectivity index (χ1v) is 13.8. The number of hydrogen-bond acceptors (Lipinski definition) is 5. The van der Waals surface area contributed by atoms with Gasteiger partial charge in [-0.2, -0.15) is 0 Å². The van der Waals surface area contributed by atoms with Crippen molar-refractivity contribution in [3.63, 3.8) is 0 Å². The van der Waals surface area contributed by atoms with Crippen molar-refractivity contribution in [2.75, 3.05) is 45.9 Å². The third-order valence-corrected chi connectivity index (χ3v) is 9.91. The molecule has 0 aliphatic carbocycles. The van der Waals surface area contributed by atoms with E-state index in [4.69, 9.17) is 9.47 Å². The normalized spacial score (nSPS) is 15.2. The number of ether oxygens (including phenoxy) is 2. The first-order chi connectivity index (χ1) is 16.1. The topological polar surface area (TPSA) is 21.7 Å². The van der Waals surface area contributed by atoms with Crippen molar-refractivity contribution in [1.29, 1.82) is 0 Å². The maximum Gasteiger partial charge on any atom is 0.160 e. The summed E-state index contributed by atoms with van der Waals surface area (Å²) in [7, 11) is 5.62. The highest BCUT2D eigenvalue weighted by molar-refractivity contribution is 8.18. The van der Waals surface area contributed by atoms with Crippen molar-refractivity contribution >= 4 is 46.7 Å². The minimum atomic E-state index is 0. The van der Waals surface area contributed by atoms with Gasteiger partial charge in [-0.25, -0.2) is 0 Å². The summed E-state index contributed by atoms with van der Waals surface area (Å²) in [6.45, 7) is 2.15. The zero-order valence-corrected chi connectivity index (χ0v) is 22.9. The molecule has 1 fully saturated rings. The van der Waals surface area contributed by atoms with Crippen molar-refractivity contribution in [3.8, 4) is 11.5 Å². The van der Waals surface area contributed by atoms with Crippen LogP contribution in [0.4, 0.5) is 0 Å². The Morgan fingerprint density at radius 3 is 2.38 bits per heavy atom. The van der Waals surface area contributed by atoms with Crippen molar-refractivity contribution in [2.24, 2.45) is 0 Å². The molecule has 1 saturated heterocycles. The molecule has 0 spiro atoms. The van der Waals surface area contributed by atoms with E-state index in [1.165, 1.54) is 52.7 Å². The summed E-state index contributed by atoms with van der Waals surface area (Å²) in [5.41, 5.74) is 2.80. The van der Waals surface area contributed by atoms with Gasteiger partial charge in [-0.05, 0) is 84.8 Å². The highest BCUT2D eigenvalue weighted by atomic mass is 35.5. The Labute approximate surface area is 219 Å². The lowest BCUT2D eigenvalue weighted by Crippen LogP contribution is -2.27. The van der Waals surface area contributed by atoms with Gasteiger partial charge in [0.15, 0.2) is 11.5 Å². The molecule has 0 unspecified atom stereocenters. The highest BCUT2D eigenvalue weighted by Gasteiger charge is 2.36. The summed E-state index contributed by atoms with van der Waals surface area (Å²) in [5.74, 6) is 4.10. The smallest absolute Gasteiger partial charge is 0.160 e. The number of rotatable bonds is 10. The number of hydrogen-bond donors (Lipinski definition) is 0. The van der Waals surface area contributed by atoms with Crippen LogP contribution in [0.25, 0.3) is 10.8 Å². The Kier molecular flexibility index (Phi) is 10.3. The molecule has 0 atom stereocenters. The molecule has 0 N–H and O–H groups in total. The summed E-state index contributed by atoms with van der Waals surface area (Å²) < 4.78 is 11.0. The highest BCUT2D eigenvalue weighted by Crippen LogP contribution is 2.54. The molecule has 1 aliphatic rings. The van der Waals surface area contributed by atoms with Crippen LogP contribution in [0, 0.1) is 0 Å². The molecule has 4 rings (SSSR count). The van der Waals surface area contributed by atoms with E-state index in [-0.39, 0.29) is 16.5 Å². The Bertz CT molecular complexity index is 1050. The van der Waals surface area contributed by atoms with E-state index in [1.807, 2.05) is 6.07 Å². The molecule has 34 heavy (non-hydrogen) atoms. The molecule has 1 heterocycles. The molecule has 0 saturated carbocycles. The zero-order valence-electron chi connectivity index (χ0n) is 20.4. The average Bonchev–Trinajstić information content (AvgIpc) is 2.87.